The third-order valence-corrected chi connectivity index (χ3v) is 3.61. The quantitative estimate of drug-likeness (QED) is 0.914. The molecule has 0 saturated carbocycles. The lowest BCUT2D eigenvalue weighted by atomic mass is 10.2. The van der Waals surface area contributed by atoms with Crippen molar-refractivity contribution in [1.82, 2.24) is 10.2 Å². The zero-order valence-corrected chi connectivity index (χ0v) is 10.9. The molecule has 0 spiro atoms. The maximum atomic E-state index is 11.9. The van der Waals surface area contributed by atoms with Crippen LogP contribution in [0.1, 0.15) is 18.4 Å². The van der Waals surface area contributed by atoms with E-state index in [0.29, 0.717) is 13.1 Å². The number of carbonyl (C=O) groups is 1. The molecule has 2 heterocycles. The third kappa shape index (κ3) is 2.63. The summed E-state index contributed by atoms with van der Waals surface area (Å²) >= 11 is 0. The Labute approximate surface area is 112 Å². The van der Waals surface area contributed by atoms with E-state index in [1.165, 1.54) is 0 Å². The van der Waals surface area contributed by atoms with Gasteiger partial charge in [-0.15, -0.1) is 0 Å². The lowest BCUT2D eigenvalue weighted by Gasteiger charge is -2.15. The van der Waals surface area contributed by atoms with E-state index in [4.69, 9.17) is 4.42 Å². The molecule has 0 radical (unpaired) electrons. The van der Waals surface area contributed by atoms with E-state index in [2.05, 4.69) is 5.32 Å². The summed E-state index contributed by atoms with van der Waals surface area (Å²) in [6.07, 6.45) is 4.04. The molecule has 1 aliphatic rings. The number of carbonyl (C=O) groups excluding carboxylic acids is 1. The average molecular weight is 258 g/mol. The Balaban J connectivity index is 1.56. The van der Waals surface area contributed by atoms with Gasteiger partial charge in [-0.2, -0.15) is 0 Å². The number of amides is 1. The highest BCUT2D eigenvalue weighted by atomic mass is 16.3. The number of rotatable bonds is 4. The standard InChI is InChI=1S/C15H18N2O2/c18-15(17-7-3-4-8-17)10-16-9-12-11-19-14-6-2-1-5-13(12)14/h1-2,5-6,11,16H,3-4,7-10H2. The Bertz CT molecular complexity index is 570. The van der Waals surface area contributed by atoms with Gasteiger partial charge in [-0.3, -0.25) is 4.79 Å². The number of benzene rings is 1. The van der Waals surface area contributed by atoms with E-state index >= 15 is 0 Å². The first kappa shape index (κ1) is 12.2. The Morgan fingerprint density at radius 2 is 2.05 bits per heavy atom. The molecular weight excluding hydrogens is 240 g/mol. The van der Waals surface area contributed by atoms with E-state index in [0.717, 1.165) is 42.5 Å². The van der Waals surface area contributed by atoms with Gasteiger partial charge in [0.1, 0.15) is 5.58 Å². The predicted octanol–water partition coefficient (Wildman–Crippen LogP) is 2.14. The van der Waals surface area contributed by atoms with Crippen molar-refractivity contribution in [2.24, 2.45) is 0 Å². The van der Waals surface area contributed by atoms with Crippen LogP contribution in [-0.4, -0.2) is 30.4 Å². The van der Waals surface area contributed by atoms with Gasteiger partial charge in [0.25, 0.3) is 0 Å². The second-order valence-corrected chi connectivity index (χ2v) is 4.95. The van der Waals surface area contributed by atoms with Crippen molar-refractivity contribution in [3.05, 3.63) is 36.1 Å². The first-order valence-corrected chi connectivity index (χ1v) is 6.78. The molecule has 2 aromatic rings. The minimum atomic E-state index is 0.199. The summed E-state index contributed by atoms with van der Waals surface area (Å²) in [5, 5.41) is 4.32. The number of hydrogen-bond donors (Lipinski definition) is 1. The lowest BCUT2D eigenvalue weighted by molar-refractivity contribution is -0.129. The van der Waals surface area contributed by atoms with Gasteiger partial charge in [-0.1, -0.05) is 18.2 Å². The molecule has 0 aliphatic carbocycles. The Morgan fingerprint density at radius 3 is 2.89 bits per heavy atom. The van der Waals surface area contributed by atoms with Crippen LogP contribution in [0.5, 0.6) is 0 Å². The van der Waals surface area contributed by atoms with Crippen LogP contribution in [0.25, 0.3) is 11.0 Å². The minimum Gasteiger partial charge on any atom is -0.464 e. The average Bonchev–Trinajstić information content (AvgIpc) is 3.08. The minimum absolute atomic E-state index is 0.199. The van der Waals surface area contributed by atoms with Crippen LogP contribution in [0.2, 0.25) is 0 Å². The molecule has 1 aromatic carbocycles. The molecule has 1 aliphatic heterocycles. The van der Waals surface area contributed by atoms with Crippen molar-refractivity contribution in [1.29, 1.82) is 0 Å². The molecule has 0 atom stereocenters. The monoisotopic (exact) mass is 258 g/mol. The van der Waals surface area contributed by atoms with Crippen LogP contribution in [0.4, 0.5) is 0 Å². The van der Waals surface area contributed by atoms with Crippen molar-refractivity contribution < 1.29 is 9.21 Å². The molecule has 4 nitrogen and oxygen atoms in total. The van der Waals surface area contributed by atoms with Crippen molar-refractivity contribution in [3.8, 4) is 0 Å². The topological polar surface area (TPSA) is 45.5 Å². The van der Waals surface area contributed by atoms with Gasteiger partial charge >= 0.3 is 0 Å². The van der Waals surface area contributed by atoms with Crippen LogP contribution in [0.3, 0.4) is 0 Å². The highest BCUT2D eigenvalue weighted by Crippen LogP contribution is 2.20. The summed E-state index contributed by atoms with van der Waals surface area (Å²) in [5.74, 6) is 0.199. The summed E-state index contributed by atoms with van der Waals surface area (Å²) in [6, 6.07) is 7.95. The molecule has 1 fully saturated rings. The number of hydrogen-bond acceptors (Lipinski definition) is 3. The van der Waals surface area contributed by atoms with E-state index in [-0.39, 0.29) is 5.91 Å². The molecule has 1 amide bonds. The van der Waals surface area contributed by atoms with E-state index in [1.807, 2.05) is 29.2 Å². The van der Waals surface area contributed by atoms with Crippen LogP contribution < -0.4 is 5.32 Å². The third-order valence-electron chi connectivity index (χ3n) is 3.61. The first-order chi connectivity index (χ1) is 9.34. The summed E-state index contributed by atoms with van der Waals surface area (Å²) < 4.78 is 5.47. The first-order valence-electron chi connectivity index (χ1n) is 6.78. The lowest BCUT2D eigenvalue weighted by Crippen LogP contribution is -2.35. The number of likely N-dealkylation sites (tertiary alicyclic amines) is 1. The largest absolute Gasteiger partial charge is 0.464 e. The Kier molecular flexibility index (Phi) is 3.51. The van der Waals surface area contributed by atoms with Gasteiger partial charge in [0, 0.05) is 30.6 Å². The predicted molar refractivity (Wildman–Crippen MR) is 73.7 cm³/mol. The fourth-order valence-corrected chi connectivity index (χ4v) is 2.55. The molecule has 3 rings (SSSR count). The van der Waals surface area contributed by atoms with Gasteiger partial charge in [0.15, 0.2) is 0 Å². The fraction of sp³-hybridized carbons (Fsp3) is 0.400. The van der Waals surface area contributed by atoms with Crippen molar-refractivity contribution in [2.75, 3.05) is 19.6 Å². The van der Waals surface area contributed by atoms with Gasteiger partial charge < -0.3 is 14.6 Å². The van der Waals surface area contributed by atoms with E-state index in [1.54, 1.807) is 6.26 Å². The summed E-state index contributed by atoms with van der Waals surface area (Å²) in [6.45, 7) is 2.89. The van der Waals surface area contributed by atoms with Crippen LogP contribution in [0.15, 0.2) is 34.9 Å². The fourth-order valence-electron chi connectivity index (χ4n) is 2.55. The number of nitrogens with zero attached hydrogens (tertiary/aromatic N) is 1. The van der Waals surface area contributed by atoms with Gasteiger partial charge in [0.05, 0.1) is 12.8 Å². The maximum absolute atomic E-state index is 11.9. The van der Waals surface area contributed by atoms with E-state index < -0.39 is 0 Å². The zero-order chi connectivity index (χ0) is 13.1. The van der Waals surface area contributed by atoms with Gasteiger partial charge in [-0.25, -0.2) is 0 Å². The molecule has 0 unspecified atom stereocenters. The molecular formula is C15H18N2O2. The molecule has 4 heteroatoms. The molecule has 19 heavy (non-hydrogen) atoms. The van der Waals surface area contributed by atoms with Crippen molar-refractivity contribution >= 4 is 16.9 Å². The molecule has 1 saturated heterocycles. The van der Waals surface area contributed by atoms with Crippen LogP contribution in [0, 0.1) is 0 Å². The molecule has 100 valence electrons. The van der Waals surface area contributed by atoms with Crippen LogP contribution >= 0.6 is 0 Å². The summed E-state index contributed by atoms with van der Waals surface area (Å²) in [4.78, 5) is 13.8. The Hall–Kier alpha value is -1.81. The Morgan fingerprint density at radius 1 is 1.26 bits per heavy atom. The molecule has 1 N–H and O–H groups in total. The van der Waals surface area contributed by atoms with E-state index in [9.17, 15) is 4.79 Å². The van der Waals surface area contributed by atoms with Crippen molar-refractivity contribution in [2.45, 2.75) is 19.4 Å². The van der Waals surface area contributed by atoms with Gasteiger partial charge in [-0.05, 0) is 18.9 Å². The molecule has 0 bridgehead atoms. The second kappa shape index (κ2) is 5.45. The summed E-state index contributed by atoms with van der Waals surface area (Å²) in [7, 11) is 0. The van der Waals surface area contributed by atoms with Crippen molar-refractivity contribution in [3.63, 3.8) is 0 Å². The molecule has 1 aromatic heterocycles. The number of nitrogens with one attached hydrogen (secondary N) is 1. The normalized spacial score (nSPS) is 15.3. The number of furan rings is 1. The van der Waals surface area contributed by atoms with Crippen LogP contribution in [-0.2, 0) is 11.3 Å². The second-order valence-electron chi connectivity index (χ2n) is 4.95. The highest BCUT2D eigenvalue weighted by molar-refractivity contribution is 5.81. The number of para-hydroxylation sites is 1. The smallest absolute Gasteiger partial charge is 0.236 e. The number of fused-ring (bicyclic) bond motifs is 1. The maximum Gasteiger partial charge on any atom is 0.236 e. The SMILES string of the molecule is O=C(CNCc1coc2ccccc12)N1CCCC1. The summed E-state index contributed by atoms with van der Waals surface area (Å²) in [5.41, 5.74) is 2.00. The van der Waals surface area contributed by atoms with Gasteiger partial charge in [0.2, 0.25) is 5.91 Å². The highest BCUT2D eigenvalue weighted by Gasteiger charge is 2.17. The zero-order valence-electron chi connectivity index (χ0n) is 10.9.